The van der Waals surface area contributed by atoms with Gasteiger partial charge in [-0.1, -0.05) is 20.8 Å². The van der Waals surface area contributed by atoms with Gasteiger partial charge in [0.1, 0.15) is 17.5 Å². The van der Waals surface area contributed by atoms with Crippen LogP contribution < -0.4 is 10.6 Å². The SMILES string of the molecule is CCNc1nc(C(C)C)nc(NC(CC)(CO)CO)c1C. The van der Waals surface area contributed by atoms with Crippen LogP contribution in [0.4, 0.5) is 11.6 Å². The minimum absolute atomic E-state index is 0.156. The predicted molar refractivity (Wildman–Crippen MR) is 85.8 cm³/mol. The average Bonchev–Trinajstić information content (AvgIpc) is 2.48. The maximum Gasteiger partial charge on any atom is 0.135 e. The van der Waals surface area contributed by atoms with Crippen LogP contribution in [0.5, 0.6) is 0 Å². The third kappa shape index (κ3) is 4.04. The van der Waals surface area contributed by atoms with Crippen LogP contribution in [0.15, 0.2) is 0 Å². The van der Waals surface area contributed by atoms with E-state index in [9.17, 15) is 10.2 Å². The molecule has 0 saturated heterocycles. The molecule has 1 heterocycles. The molecule has 0 fully saturated rings. The van der Waals surface area contributed by atoms with E-state index in [-0.39, 0.29) is 19.1 Å². The van der Waals surface area contributed by atoms with Gasteiger partial charge in [0, 0.05) is 18.0 Å². The van der Waals surface area contributed by atoms with E-state index >= 15 is 0 Å². The molecule has 6 heteroatoms. The molecule has 1 rings (SSSR count). The minimum Gasteiger partial charge on any atom is -0.394 e. The first-order valence-corrected chi connectivity index (χ1v) is 7.55. The maximum absolute atomic E-state index is 9.60. The molecule has 0 aliphatic rings. The highest BCUT2D eigenvalue weighted by molar-refractivity contribution is 5.58. The summed E-state index contributed by atoms with van der Waals surface area (Å²) < 4.78 is 0. The van der Waals surface area contributed by atoms with Crippen LogP contribution in [-0.2, 0) is 0 Å². The van der Waals surface area contributed by atoms with E-state index in [0.717, 1.165) is 23.8 Å². The summed E-state index contributed by atoms with van der Waals surface area (Å²) in [5, 5.41) is 25.6. The van der Waals surface area contributed by atoms with E-state index in [0.29, 0.717) is 12.2 Å². The molecule has 0 saturated carbocycles. The number of nitrogens with one attached hydrogen (secondary N) is 2. The van der Waals surface area contributed by atoms with Crippen molar-refractivity contribution in [1.82, 2.24) is 9.97 Å². The Morgan fingerprint density at radius 3 is 2.10 bits per heavy atom. The maximum atomic E-state index is 9.60. The molecule has 0 aromatic carbocycles. The largest absolute Gasteiger partial charge is 0.394 e. The van der Waals surface area contributed by atoms with E-state index in [1.165, 1.54) is 0 Å². The zero-order valence-electron chi connectivity index (χ0n) is 13.7. The normalized spacial score (nSPS) is 11.8. The lowest BCUT2D eigenvalue weighted by Gasteiger charge is -2.31. The number of hydrogen-bond donors (Lipinski definition) is 4. The molecule has 0 unspecified atom stereocenters. The first kappa shape index (κ1) is 17.7. The first-order valence-electron chi connectivity index (χ1n) is 7.55. The van der Waals surface area contributed by atoms with Crippen molar-refractivity contribution in [1.29, 1.82) is 0 Å². The van der Waals surface area contributed by atoms with Crippen LogP contribution in [0.25, 0.3) is 0 Å². The monoisotopic (exact) mass is 296 g/mol. The zero-order chi connectivity index (χ0) is 16.0. The molecule has 1 aromatic heterocycles. The van der Waals surface area contributed by atoms with E-state index in [2.05, 4.69) is 20.6 Å². The lowest BCUT2D eigenvalue weighted by molar-refractivity contribution is 0.132. The van der Waals surface area contributed by atoms with E-state index in [1.54, 1.807) is 0 Å². The number of aliphatic hydroxyl groups is 2. The number of nitrogens with zero attached hydrogens (tertiary/aromatic N) is 2. The summed E-state index contributed by atoms with van der Waals surface area (Å²) in [6.45, 7) is 10.4. The zero-order valence-corrected chi connectivity index (χ0v) is 13.7. The van der Waals surface area contributed by atoms with Crippen LogP contribution in [-0.4, -0.2) is 45.5 Å². The van der Waals surface area contributed by atoms with Crippen LogP contribution in [0, 0.1) is 6.92 Å². The number of aromatic nitrogens is 2. The lowest BCUT2D eigenvalue weighted by Crippen LogP contribution is -2.45. The molecular formula is C15H28N4O2. The molecule has 1 aromatic rings. The standard InChI is InChI=1S/C15H28N4O2/c1-6-15(8-20,9-21)19-14-11(5)13(16-7-2)17-12(18-14)10(3)4/h10,20-21H,6-9H2,1-5H3,(H2,16,17,18,19). The van der Waals surface area contributed by atoms with Gasteiger partial charge in [0.15, 0.2) is 0 Å². The fourth-order valence-electron chi connectivity index (χ4n) is 1.95. The van der Waals surface area contributed by atoms with Crippen molar-refractivity contribution in [2.24, 2.45) is 0 Å². The van der Waals surface area contributed by atoms with Gasteiger partial charge < -0.3 is 20.8 Å². The molecule has 4 N–H and O–H groups in total. The van der Waals surface area contributed by atoms with Crippen LogP contribution in [0.2, 0.25) is 0 Å². The van der Waals surface area contributed by atoms with Gasteiger partial charge in [-0.05, 0) is 20.3 Å². The van der Waals surface area contributed by atoms with Gasteiger partial charge in [0.05, 0.1) is 18.8 Å². The Morgan fingerprint density at radius 1 is 1.10 bits per heavy atom. The Kier molecular flexibility index (Phi) is 6.36. The van der Waals surface area contributed by atoms with Gasteiger partial charge in [-0.3, -0.25) is 0 Å². The van der Waals surface area contributed by atoms with Gasteiger partial charge in [-0.25, -0.2) is 9.97 Å². The third-order valence-corrected chi connectivity index (χ3v) is 3.69. The van der Waals surface area contributed by atoms with Crippen molar-refractivity contribution >= 4 is 11.6 Å². The van der Waals surface area contributed by atoms with E-state index in [1.807, 2.05) is 34.6 Å². The number of hydrogen-bond acceptors (Lipinski definition) is 6. The van der Waals surface area contributed by atoms with Crippen molar-refractivity contribution in [3.05, 3.63) is 11.4 Å². The first-order chi connectivity index (χ1) is 9.92. The summed E-state index contributed by atoms with van der Waals surface area (Å²) in [6.07, 6.45) is 0.594. The second kappa shape index (κ2) is 7.56. The number of aliphatic hydroxyl groups excluding tert-OH is 2. The van der Waals surface area contributed by atoms with Crippen LogP contribution >= 0.6 is 0 Å². The van der Waals surface area contributed by atoms with Crippen molar-refractivity contribution in [3.8, 4) is 0 Å². The van der Waals surface area contributed by atoms with Crippen LogP contribution in [0.1, 0.15) is 51.4 Å². The number of anilines is 2. The molecule has 0 spiro atoms. The quantitative estimate of drug-likeness (QED) is 0.586. The third-order valence-electron chi connectivity index (χ3n) is 3.69. The highest BCUT2D eigenvalue weighted by Gasteiger charge is 2.28. The molecule has 0 aliphatic heterocycles. The Bertz CT molecular complexity index is 451. The van der Waals surface area contributed by atoms with Gasteiger partial charge in [-0.2, -0.15) is 0 Å². The Balaban J connectivity index is 3.26. The lowest BCUT2D eigenvalue weighted by atomic mass is 9.98. The summed E-state index contributed by atoms with van der Waals surface area (Å²) in [6, 6.07) is 0. The fourth-order valence-corrected chi connectivity index (χ4v) is 1.95. The average molecular weight is 296 g/mol. The molecule has 120 valence electrons. The highest BCUT2D eigenvalue weighted by Crippen LogP contribution is 2.26. The van der Waals surface area contributed by atoms with Crippen LogP contribution in [0.3, 0.4) is 0 Å². The van der Waals surface area contributed by atoms with E-state index < -0.39 is 5.54 Å². The summed E-state index contributed by atoms with van der Waals surface area (Å²) in [4.78, 5) is 9.10. The Morgan fingerprint density at radius 2 is 1.67 bits per heavy atom. The fraction of sp³-hybridized carbons (Fsp3) is 0.733. The van der Waals surface area contributed by atoms with Crippen molar-refractivity contribution in [3.63, 3.8) is 0 Å². The molecule has 0 radical (unpaired) electrons. The smallest absolute Gasteiger partial charge is 0.135 e. The summed E-state index contributed by atoms with van der Waals surface area (Å²) in [5.41, 5.74) is 0.123. The summed E-state index contributed by atoms with van der Waals surface area (Å²) >= 11 is 0. The molecular weight excluding hydrogens is 268 g/mol. The second-order valence-electron chi connectivity index (χ2n) is 5.66. The second-order valence-corrected chi connectivity index (χ2v) is 5.66. The van der Waals surface area contributed by atoms with E-state index in [4.69, 9.17) is 0 Å². The summed E-state index contributed by atoms with van der Waals surface area (Å²) in [5.74, 6) is 2.39. The molecule has 0 amide bonds. The van der Waals surface area contributed by atoms with Crippen molar-refractivity contribution in [2.75, 3.05) is 30.4 Å². The highest BCUT2D eigenvalue weighted by atomic mass is 16.3. The van der Waals surface area contributed by atoms with Gasteiger partial charge in [0.25, 0.3) is 0 Å². The van der Waals surface area contributed by atoms with Gasteiger partial charge in [0.2, 0.25) is 0 Å². The van der Waals surface area contributed by atoms with Gasteiger partial charge in [-0.15, -0.1) is 0 Å². The topological polar surface area (TPSA) is 90.3 Å². The van der Waals surface area contributed by atoms with Crippen molar-refractivity contribution < 1.29 is 10.2 Å². The minimum atomic E-state index is -0.767. The molecule has 0 bridgehead atoms. The van der Waals surface area contributed by atoms with Crippen molar-refractivity contribution in [2.45, 2.75) is 52.5 Å². The summed E-state index contributed by atoms with van der Waals surface area (Å²) in [7, 11) is 0. The molecule has 0 aliphatic carbocycles. The molecule has 0 atom stereocenters. The molecule has 21 heavy (non-hydrogen) atoms. The molecule has 6 nitrogen and oxygen atoms in total. The Hall–Kier alpha value is -1.40. The Labute approximate surface area is 127 Å². The van der Waals surface area contributed by atoms with Gasteiger partial charge >= 0.3 is 0 Å². The predicted octanol–water partition coefficient (Wildman–Crippen LogP) is 1.89. The number of rotatable bonds is 8.